The van der Waals surface area contributed by atoms with Crippen molar-refractivity contribution in [1.29, 1.82) is 0 Å². The summed E-state index contributed by atoms with van der Waals surface area (Å²) < 4.78 is 0. The Morgan fingerprint density at radius 1 is 1.07 bits per heavy atom. The maximum absolute atomic E-state index is 3.61. The molecule has 2 nitrogen and oxygen atoms in total. The van der Waals surface area contributed by atoms with Gasteiger partial charge < -0.3 is 5.32 Å². The number of nitrogens with zero attached hydrogens (tertiary/aromatic N) is 1. The zero-order chi connectivity index (χ0) is 10.9. The molecule has 2 aliphatic rings. The Bertz CT molecular complexity index is 203. The highest BCUT2D eigenvalue weighted by Crippen LogP contribution is 2.38. The van der Waals surface area contributed by atoms with Crippen molar-refractivity contribution in [1.82, 2.24) is 10.2 Å². The molecule has 2 fully saturated rings. The number of piperidine rings is 2. The third-order valence-electron chi connectivity index (χ3n) is 4.11. The van der Waals surface area contributed by atoms with E-state index in [1.54, 1.807) is 0 Å². The summed E-state index contributed by atoms with van der Waals surface area (Å²) in [5.41, 5.74) is 0.814. The van der Waals surface area contributed by atoms with Crippen molar-refractivity contribution in [2.75, 3.05) is 19.6 Å². The number of hydrogen-bond acceptors (Lipinski definition) is 2. The molecule has 2 aliphatic heterocycles. The van der Waals surface area contributed by atoms with Gasteiger partial charge in [-0.2, -0.15) is 0 Å². The molecule has 2 heterocycles. The topological polar surface area (TPSA) is 15.3 Å². The fourth-order valence-corrected chi connectivity index (χ4v) is 3.54. The van der Waals surface area contributed by atoms with E-state index in [4.69, 9.17) is 0 Å². The van der Waals surface area contributed by atoms with Crippen LogP contribution in [-0.2, 0) is 0 Å². The van der Waals surface area contributed by atoms with Gasteiger partial charge in [-0.25, -0.2) is 0 Å². The summed E-state index contributed by atoms with van der Waals surface area (Å²) in [6.45, 7) is 10.8. The summed E-state index contributed by atoms with van der Waals surface area (Å²) in [7, 11) is 0. The minimum atomic E-state index is 0.333. The molecule has 2 heteroatoms. The number of likely N-dealkylation sites (tertiary alicyclic amines) is 1. The lowest BCUT2D eigenvalue weighted by Gasteiger charge is -2.55. The maximum atomic E-state index is 3.61. The Morgan fingerprint density at radius 2 is 1.80 bits per heavy atom. The van der Waals surface area contributed by atoms with Gasteiger partial charge in [-0.3, -0.25) is 4.90 Å². The summed E-state index contributed by atoms with van der Waals surface area (Å²) in [6, 6.07) is 0. The van der Waals surface area contributed by atoms with E-state index in [-0.39, 0.29) is 0 Å². The second kappa shape index (κ2) is 4.06. The molecule has 1 N–H and O–H groups in total. The predicted octanol–water partition coefficient (Wildman–Crippen LogP) is 2.39. The third-order valence-corrected chi connectivity index (χ3v) is 4.11. The van der Waals surface area contributed by atoms with Crippen molar-refractivity contribution in [2.45, 2.75) is 64.0 Å². The molecule has 1 unspecified atom stereocenters. The zero-order valence-electron chi connectivity index (χ0n) is 10.6. The van der Waals surface area contributed by atoms with E-state index in [2.05, 4.69) is 31.0 Å². The highest BCUT2D eigenvalue weighted by molar-refractivity contribution is 5.01. The first kappa shape index (κ1) is 11.4. The van der Waals surface area contributed by atoms with Crippen LogP contribution in [0.4, 0.5) is 0 Å². The molecular weight excluding hydrogens is 184 g/mol. The van der Waals surface area contributed by atoms with Gasteiger partial charge >= 0.3 is 0 Å². The smallest absolute Gasteiger partial charge is 0.0339 e. The van der Waals surface area contributed by atoms with Crippen molar-refractivity contribution in [2.24, 2.45) is 0 Å². The van der Waals surface area contributed by atoms with E-state index in [1.165, 1.54) is 51.7 Å². The summed E-state index contributed by atoms with van der Waals surface area (Å²) >= 11 is 0. The fraction of sp³-hybridized carbons (Fsp3) is 1.00. The molecule has 15 heavy (non-hydrogen) atoms. The Balaban J connectivity index is 2.17. The van der Waals surface area contributed by atoms with E-state index >= 15 is 0 Å². The molecule has 1 spiro atoms. The highest BCUT2D eigenvalue weighted by atomic mass is 15.3. The fourth-order valence-electron chi connectivity index (χ4n) is 3.54. The van der Waals surface area contributed by atoms with Crippen molar-refractivity contribution < 1.29 is 0 Å². The average Bonchev–Trinajstić information content (AvgIpc) is 2.18. The van der Waals surface area contributed by atoms with Crippen molar-refractivity contribution >= 4 is 0 Å². The molecular formula is C13H26N2. The Labute approximate surface area is 94.4 Å². The summed E-state index contributed by atoms with van der Waals surface area (Å²) in [5, 5.41) is 3.61. The highest BCUT2D eigenvalue weighted by Gasteiger charge is 2.43. The van der Waals surface area contributed by atoms with E-state index in [9.17, 15) is 0 Å². The van der Waals surface area contributed by atoms with Crippen molar-refractivity contribution in [3.63, 3.8) is 0 Å². The second-order valence-electron chi connectivity index (χ2n) is 6.28. The quantitative estimate of drug-likeness (QED) is 0.660. The number of nitrogens with one attached hydrogen (secondary N) is 1. The number of rotatable bonds is 0. The minimum Gasteiger partial charge on any atom is -0.315 e. The van der Waals surface area contributed by atoms with Gasteiger partial charge in [-0.1, -0.05) is 6.42 Å². The monoisotopic (exact) mass is 210 g/mol. The Hall–Kier alpha value is -0.0800. The van der Waals surface area contributed by atoms with Crippen LogP contribution in [-0.4, -0.2) is 35.6 Å². The standard InChI is InChI=1S/C13H26N2/c1-12(2,3)15-10-5-4-7-13(15)8-6-9-14-11-13/h14H,4-11H2,1-3H3. The molecule has 2 saturated heterocycles. The lowest BCUT2D eigenvalue weighted by atomic mass is 9.78. The molecule has 2 rings (SSSR count). The van der Waals surface area contributed by atoms with Gasteiger partial charge in [0.05, 0.1) is 0 Å². The molecule has 88 valence electrons. The molecule has 0 radical (unpaired) electrons. The first-order chi connectivity index (χ1) is 7.05. The van der Waals surface area contributed by atoms with E-state index in [1.807, 2.05) is 0 Å². The number of hydrogen-bond donors (Lipinski definition) is 1. The normalized spacial score (nSPS) is 34.6. The van der Waals surface area contributed by atoms with Crippen LogP contribution in [0, 0.1) is 0 Å². The molecule has 0 aromatic heterocycles. The molecule has 1 atom stereocenters. The Morgan fingerprint density at radius 3 is 2.40 bits per heavy atom. The molecule has 0 saturated carbocycles. The van der Waals surface area contributed by atoms with Gasteiger partial charge in [-0.15, -0.1) is 0 Å². The van der Waals surface area contributed by atoms with Gasteiger partial charge in [0.2, 0.25) is 0 Å². The third kappa shape index (κ3) is 2.21. The summed E-state index contributed by atoms with van der Waals surface area (Å²) in [4.78, 5) is 2.77. The van der Waals surface area contributed by atoms with Crippen LogP contribution in [0.15, 0.2) is 0 Å². The molecule has 0 aromatic rings. The predicted molar refractivity (Wildman–Crippen MR) is 65.1 cm³/mol. The van der Waals surface area contributed by atoms with Crippen LogP contribution in [0.5, 0.6) is 0 Å². The van der Waals surface area contributed by atoms with Crippen LogP contribution in [0.1, 0.15) is 52.9 Å². The molecule has 0 aromatic carbocycles. The van der Waals surface area contributed by atoms with E-state index in [0.717, 1.165) is 0 Å². The first-order valence-corrected chi connectivity index (χ1v) is 6.53. The van der Waals surface area contributed by atoms with Gasteiger partial charge in [0.25, 0.3) is 0 Å². The first-order valence-electron chi connectivity index (χ1n) is 6.53. The van der Waals surface area contributed by atoms with E-state index in [0.29, 0.717) is 11.1 Å². The summed E-state index contributed by atoms with van der Waals surface area (Å²) in [5.74, 6) is 0. The van der Waals surface area contributed by atoms with E-state index < -0.39 is 0 Å². The molecule has 0 bridgehead atoms. The summed E-state index contributed by atoms with van der Waals surface area (Å²) in [6.07, 6.45) is 6.97. The minimum absolute atomic E-state index is 0.333. The molecule has 0 aliphatic carbocycles. The van der Waals surface area contributed by atoms with Crippen LogP contribution in [0.2, 0.25) is 0 Å². The lowest BCUT2D eigenvalue weighted by Crippen LogP contribution is -2.65. The van der Waals surface area contributed by atoms with Crippen LogP contribution < -0.4 is 5.32 Å². The average molecular weight is 210 g/mol. The van der Waals surface area contributed by atoms with Crippen LogP contribution in [0.25, 0.3) is 0 Å². The van der Waals surface area contributed by atoms with Crippen LogP contribution >= 0.6 is 0 Å². The Kier molecular flexibility index (Phi) is 3.09. The van der Waals surface area contributed by atoms with Gasteiger partial charge in [-0.05, 0) is 59.5 Å². The van der Waals surface area contributed by atoms with Crippen molar-refractivity contribution in [3.8, 4) is 0 Å². The van der Waals surface area contributed by atoms with Crippen LogP contribution in [0.3, 0.4) is 0 Å². The molecule has 0 amide bonds. The van der Waals surface area contributed by atoms with Gasteiger partial charge in [0, 0.05) is 17.6 Å². The SMILES string of the molecule is CC(C)(C)N1CCCCC12CCCNC2. The lowest BCUT2D eigenvalue weighted by molar-refractivity contribution is -0.0388. The second-order valence-corrected chi connectivity index (χ2v) is 6.28. The maximum Gasteiger partial charge on any atom is 0.0339 e. The van der Waals surface area contributed by atoms with Crippen molar-refractivity contribution in [3.05, 3.63) is 0 Å². The van der Waals surface area contributed by atoms with Gasteiger partial charge in [0.1, 0.15) is 0 Å². The largest absolute Gasteiger partial charge is 0.315 e. The zero-order valence-corrected chi connectivity index (χ0v) is 10.6. The van der Waals surface area contributed by atoms with Gasteiger partial charge in [0.15, 0.2) is 0 Å².